The van der Waals surface area contributed by atoms with Crippen molar-refractivity contribution >= 4 is 11.6 Å². The molecule has 0 aliphatic carbocycles. The molecule has 0 spiro atoms. The highest BCUT2D eigenvalue weighted by atomic mass is 35.5. The summed E-state index contributed by atoms with van der Waals surface area (Å²) in [5.41, 5.74) is 0.535. The predicted octanol–water partition coefficient (Wildman–Crippen LogP) is 4.65. The molecular formula is C16H15ClF3N. The summed E-state index contributed by atoms with van der Waals surface area (Å²) in [6.07, 6.45) is 0.181. The third-order valence-corrected chi connectivity index (χ3v) is 3.45. The van der Waals surface area contributed by atoms with Crippen molar-refractivity contribution in [2.75, 3.05) is 6.54 Å². The van der Waals surface area contributed by atoms with E-state index >= 15 is 0 Å². The second-order valence-corrected chi connectivity index (χ2v) is 5.15. The lowest BCUT2D eigenvalue weighted by Gasteiger charge is -2.19. The smallest absolute Gasteiger partial charge is 0.128 e. The molecule has 0 aliphatic rings. The van der Waals surface area contributed by atoms with Crippen LogP contribution in [0, 0.1) is 17.5 Å². The molecule has 0 radical (unpaired) electrons. The molecule has 0 saturated carbocycles. The maximum Gasteiger partial charge on any atom is 0.128 e. The standard InChI is InChI=1S/C16H15ClF3N/c1-2-21-16(13-9-12(18)4-6-15(13)20)8-10-7-11(17)3-5-14(10)19/h3-7,9,16,21H,2,8H2,1H3. The molecule has 2 aromatic rings. The van der Waals surface area contributed by atoms with Gasteiger partial charge in [-0.15, -0.1) is 0 Å². The van der Waals surface area contributed by atoms with Crippen molar-refractivity contribution in [1.82, 2.24) is 5.32 Å². The van der Waals surface area contributed by atoms with Crippen molar-refractivity contribution in [3.05, 3.63) is 70.0 Å². The van der Waals surface area contributed by atoms with E-state index in [4.69, 9.17) is 11.6 Å². The molecule has 0 fully saturated rings. The van der Waals surface area contributed by atoms with Gasteiger partial charge in [0, 0.05) is 16.6 Å². The Bertz CT molecular complexity index is 631. The molecule has 1 nitrogen and oxygen atoms in total. The first kappa shape index (κ1) is 15.9. The van der Waals surface area contributed by atoms with E-state index in [0.717, 1.165) is 18.2 Å². The summed E-state index contributed by atoms with van der Waals surface area (Å²) < 4.78 is 41.1. The van der Waals surface area contributed by atoms with Gasteiger partial charge in [-0.1, -0.05) is 18.5 Å². The summed E-state index contributed by atoms with van der Waals surface area (Å²) in [5, 5.41) is 3.45. The Kier molecular flexibility index (Phi) is 5.26. The Morgan fingerprint density at radius 1 is 1.05 bits per heavy atom. The van der Waals surface area contributed by atoms with Crippen molar-refractivity contribution in [1.29, 1.82) is 0 Å². The van der Waals surface area contributed by atoms with Crippen molar-refractivity contribution in [3.8, 4) is 0 Å². The normalized spacial score (nSPS) is 12.4. The Hall–Kier alpha value is -1.52. The number of nitrogens with one attached hydrogen (secondary N) is 1. The molecule has 1 unspecified atom stereocenters. The number of likely N-dealkylation sites (N-methyl/N-ethyl adjacent to an activating group) is 1. The number of hydrogen-bond donors (Lipinski definition) is 1. The fourth-order valence-corrected chi connectivity index (χ4v) is 2.43. The van der Waals surface area contributed by atoms with E-state index in [-0.39, 0.29) is 12.0 Å². The summed E-state index contributed by atoms with van der Waals surface area (Å²) >= 11 is 5.86. The zero-order valence-electron chi connectivity index (χ0n) is 11.5. The highest BCUT2D eigenvalue weighted by molar-refractivity contribution is 6.30. The summed E-state index contributed by atoms with van der Waals surface area (Å²) in [5.74, 6) is -1.47. The Morgan fingerprint density at radius 2 is 1.76 bits per heavy atom. The molecule has 5 heteroatoms. The molecule has 2 rings (SSSR count). The zero-order valence-corrected chi connectivity index (χ0v) is 12.2. The van der Waals surface area contributed by atoms with E-state index in [1.807, 2.05) is 6.92 Å². The van der Waals surface area contributed by atoms with Crippen LogP contribution < -0.4 is 5.32 Å². The minimum absolute atomic E-state index is 0.177. The zero-order chi connectivity index (χ0) is 15.4. The van der Waals surface area contributed by atoms with Crippen LogP contribution in [0.4, 0.5) is 13.2 Å². The van der Waals surface area contributed by atoms with Crippen molar-refractivity contribution in [2.45, 2.75) is 19.4 Å². The minimum Gasteiger partial charge on any atom is -0.310 e. The van der Waals surface area contributed by atoms with Crippen LogP contribution >= 0.6 is 11.6 Å². The largest absolute Gasteiger partial charge is 0.310 e. The van der Waals surface area contributed by atoms with Gasteiger partial charge in [-0.2, -0.15) is 0 Å². The van der Waals surface area contributed by atoms with Gasteiger partial charge in [0.05, 0.1) is 0 Å². The first-order valence-electron chi connectivity index (χ1n) is 6.63. The summed E-state index contributed by atoms with van der Waals surface area (Å²) in [6.45, 7) is 2.39. The average Bonchev–Trinajstić information content (AvgIpc) is 2.45. The van der Waals surface area contributed by atoms with Crippen molar-refractivity contribution < 1.29 is 13.2 Å². The molecule has 0 amide bonds. The third-order valence-electron chi connectivity index (χ3n) is 3.22. The third kappa shape index (κ3) is 3.99. The van der Waals surface area contributed by atoms with Gasteiger partial charge in [0.25, 0.3) is 0 Å². The van der Waals surface area contributed by atoms with Crippen LogP contribution in [0.3, 0.4) is 0 Å². The molecule has 0 saturated heterocycles. The van der Waals surface area contributed by atoms with Gasteiger partial charge in [-0.3, -0.25) is 0 Å². The van der Waals surface area contributed by atoms with Crippen LogP contribution in [-0.4, -0.2) is 6.54 Å². The van der Waals surface area contributed by atoms with Gasteiger partial charge in [0.15, 0.2) is 0 Å². The minimum atomic E-state index is -0.529. The first-order valence-corrected chi connectivity index (χ1v) is 7.01. The molecule has 0 aliphatic heterocycles. The van der Waals surface area contributed by atoms with Crippen molar-refractivity contribution in [2.24, 2.45) is 0 Å². The molecule has 1 N–H and O–H groups in total. The molecule has 21 heavy (non-hydrogen) atoms. The van der Waals surface area contributed by atoms with Crippen LogP contribution in [0.5, 0.6) is 0 Å². The fraction of sp³-hybridized carbons (Fsp3) is 0.250. The van der Waals surface area contributed by atoms with E-state index < -0.39 is 23.5 Å². The van der Waals surface area contributed by atoms with E-state index in [1.54, 1.807) is 0 Å². The second kappa shape index (κ2) is 6.96. The maximum absolute atomic E-state index is 13.9. The lowest BCUT2D eigenvalue weighted by atomic mass is 9.98. The van der Waals surface area contributed by atoms with Crippen LogP contribution in [0.2, 0.25) is 5.02 Å². The number of halogens is 4. The Morgan fingerprint density at radius 3 is 2.48 bits per heavy atom. The first-order chi connectivity index (χ1) is 10.0. The molecular weight excluding hydrogens is 299 g/mol. The number of benzene rings is 2. The summed E-state index contributed by atoms with van der Waals surface area (Å²) in [6, 6.07) is 6.95. The average molecular weight is 314 g/mol. The molecule has 2 aromatic carbocycles. The van der Waals surface area contributed by atoms with Gasteiger partial charge in [-0.25, -0.2) is 13.2 Å². The number of hydrogen-bond acceptors (Lipinski definition) is 1. The van der Waals surface area contributed by atoms with Gasteiger partial charge in [0.2, 0.25) is 0 Å². The van der Waals surface area contributed by atoms with Crippen LogP contribution in [-0.2, 0) is 6.42 Å². The Labute approximate surface area is 126 Å². The van der Waals surface area contributed by atoms with Crippen LogP contribution in [0.15, 0.2) is 36.4 Å². The van der Waals surface area contributed by atoms with E-state index in [2.05, 4.69) is 5.32 Å². The molecule has 0 aromatic heterocycles. The van der Waals surface area contributed by atoms with E-state index in [1.165, 1.54) is 18.2 Å². The highest BCUT2D eigenvalue weighted by Gasteiger charge is 2.18. The lowest BCUT2D eigenvalue weighted by molar-refractivity contribution is 0.492. The SMILES string of the molecule is CCNC(Cc1cc(Cl)ccc1F)c1cc(F)ccc1F. The summed E-state index contributed by atoms with van der Waals surface area (Å²) in [7, 11) is 0. The van der Waals surface area contributed by atoms with Gasteiger partial charge < -0.3 is 5.32 Å². The molecule has 112 valence electrons. The highest BCUT2D eigenvalue weighted by Crippen LogP contribution is 2.25. The molecule has 0 bridgehead atoms. The van der Waals surface area contributed by atoms with Gasteiger partial charge in [-0.05, 0) is 54.9 Å². The Balaban J connectivity index is 2.35. The van der Waals surface area contributed by atoms with Gasteiger partial charge in [0.1, 0.15) is 17.5 Å². The molecule has 0 heterocycles. The second-order valence-electron chi connectivity index (χ2n) is 4.72. The molecule has 1 atom stereocenters. The van der Waals surface area contributed by atoms with E-state index in [9.17, 15) is 13.2 Å². The summed E-state index contributed by atoms with van der Waals surface area (Å²) in [4.78, 5) is 0. The number of rotatable bonds is 5. The monoisotopic (exact) mass is 313 g/mol. The topological polar surface area (TPSA) is 12.0 Å². The quantitative estimate of drug-likeness (QED) is 0.847. The van der Waals surface area contributed by atoms with Crippen LogP contribution in [0.25, 0.3) is 0 Å². The fourth-order valence-electron chi connectivity index (χ4n) is 2.24. The lowest BCUT2D eigenvalue weighted by Crippen LogP contribution is -2.24. The van der Waals surface area contributed by atoms with E-state index in [0.29, 0.717) is 17.1 Å². The predicted molar refractivity (Wildman–Crippen MR) is 77.9 cm³/mol. The van der Waals surface area contributed by atoms with Crippen LogP contribution in [0.1, 0.15) is 24.1 Å². The van der Waals surface area contributed by atoms with Gasteiger partial charge >= 0.3 is 0 Å². The van der Waals surface area contributed by atoms with Crippen molar-refractivity contribution in [3.63, 3.8) is 0 Å². The maximum atomic E-state index is 13.9.